The van der Waals surface area contributed by atoms with E-state index in [2.05, 4.69) is 9.97 Å². The fourth-order valence-electron chi connectivity index (χ4n) is 5.30. The average molecular weight is 540 g/mol. The van der Waals surface area contributed by atoms with E-state index in [1.165, 1.54) is 0 Å². The van der Waals surface area contributed by atoms with Crippen molar-refractivity contribution in [2.75, 3.05) is 25.1 Å². The molecule has 2 aliphatic rings. The fourth-order valence-corrected chi connectivity index (χ4v) is 5.55. The maximum Gasteiger partial charge on any atom is 0.251 e. The van der Waals surface area contributed by atoms with Crippen LogP contribution in [-0.2, 0) is 6.54 Å². The first-order valence-electron chi connectivity index (χ1n) is 12.7. The summed E-state index contributed by atoms with van der Waals surface area (Å²) in [4.78, 5) is 15.9. The van der Waals surface area contributed by atoms with Crippen molar-refractivity contribution in [3.63, 3.8) is 0 Å². The Balaban J connectivity index is 1.32. The van der Waals surface area contributed by atoms with E-state index < -0.39 is 5.92 Å². The molecule has 0 spiro atoms. The van der Waals surface area contributed by atoms with Gasteiger partial charge < -0.3 is 14.2 Å². The monoisotopic (exact) mass is 539 g/mol. The number of halogens is 3. The molecule has 1 fully saturated rings. The highest BCUT2D eigenvalue weighted by molar-refractivity contribution is 6.31. The van der Waals surface area contributed by atoms with Crippen molar-refractivity contribution >= 4 is 17.3 Å². The Morgan fingerprint density at radius 1 is 1.08 bits per heavy atom. The second kappa shape index (κ2) is 9.65. The predicted molar refractivity (Wildman–Crippen MR) is 141 cm³/mol. The molecule has 38 heavy (non-hydrogen) atoms. The number of anilines is 1. The summed E-state index contributed by atoms with van der Waals surface area (Å²) in [6.07, 6.45) is 5.15. The van der Waals surface area contributed by atoms with Gasteiger partial charge in [0, 0.05) is 55.3 Å². The lowest BCUT2D eigenvalue weighted by Gasteiger charge is -2.34. The number of alkyl halides is 2. The first-order valence-corrected chi connectivity index (χ1v) is 13.1. The Labute approximate surface area is 224 Å². The molecule has 0 radical (unpaired) electrons. The highest BCUT2D eigenvalue weighted by atomic mass is 35.5. The van der Waals surface area contributed by atoms with Crippen LogP contribution in [0.1, 0.15) is 48.7 Å². The lowest BCUT2D eigenvalue weighted by atomic mass is 9.90. The van der Waals surface area contributed by atoms with Gasteiger partial charge in [-0.05, 0) is 55.7 Å². The van der Waals surface area contributed by atoms with E-state index in [0.717, 1.165) is 47.8 Å². The Hall–Kier alpha value is -3.53. The van der Waals surface area contributed by atoms with Crippen LogP contribution in [0.15, 0.2) is 42.9 Å². The normalized spacial score (nSPS) is 18.9. The maximum atomic E-state index is 13.7. The number of hydrogen-bond donors (Lipinski definition) is 0. The van der Waals surface area contributed by atoms with Gasteiger partial charge in [-0.15, -0.1) is 5.10 Å². The summed E-state index contributed by atoms with van der Waals surface area (Å²) in [5.74, 6) is -0.852. The van der Waals surface area contributed by atoms with Gasteiger partial charge in [0.05, 0.1) is 19.1 Å². The molecule has 0 N–H and O–H groups in total. The third-order valence-electron chi connectivity index (χ3n) is 7.34. The lowest BCUT2D eigenvalue weighted by Crippen LogP contribution is -2.39. The van der Waals surface area contributed by atoms with Crippen LogP contribution in [0.2, 0.25) is 5.02 Å². The molecule has 0 amide bonds. The number of fused-ring (bicyclic) bond motifs is 1. The van der Waals surface area contributed by atoms with Crippen LogP contribution in [0.4, 0.5) is 14.5 Å². The number of aromatic nitrogens is 6. The second-order valence-electron chi connectivity index (χ2n) is 9.91. The summed E-state index contributed by atoms with van der Waals surface area (Å²) in [7, 11) is 1.58. The standard InChI is InChI=1S/C27H28ClF2N7O/c1-17-15-36(16-31-17)23-8-7-22(32-26(23)38-2)24-33-25-19(4-3-11-37(25)34-24)20-14-18(5-6-21(20)28)35-12-9-27(29,30)10-13-35/h5-8,14-16,19H,3-4,9-13H2,1-2H3/t19-/m1/s1. The van der Waals surface area contributed by atoms with E-state index in [0.29, 0.717) is 35.5 Å². The molecule has 1 saturated heterocycles. The number of benzene rings is 1. The molecule has 4 aromatic rings. The van der Waals surface area contributed by atoms with Crippen LogP contribution in [0.25, 0.3) is 17.2 Å². The van der Waals surface area contributed by atoms with Gasteiger partial charge in [0.25, 0.3) is 5.92 Å². The van der Waals surface area contributed by atoms with Gasteiger partial charge in [0.2, 0.25) is 5.88 Å². The number of piperidine rings is 1. The zero-order valence-electron chi connectivity index (χ0n) is 21.2. The van der Waals surface area contributed by atoms with Crippen molar-refractivity contribution in [1.82, 2.24) is 29.3 Å². The minimum atomic E-state index is -2.59. The first-order chi connectivity index (χ1) is 18.3. The quantitative estimate of drug-likeness (QED) is 0.326. The molecule has 11 heteroatoms. The molecule has 1 aromatic carbocycles. The summed E-state index contributed by atoms with van der Waals surface area (Å²) >= 11 is 6.69. The number of nitrogens with zero attached hydrogens (tertiary/aromatic N) is 7. The minimum Gasteiger partial charge on any atom is -0.479 e. The molecule has 5 heterocycles. The van der Waals surface area contributed by atoms with Gasteiger partial charge >= 0.3 is 0 Å². The van der Waals surface area contributed by atoms with Gasteiger partial charge in [-0.2, -0.15) is 0 Å². The summed E-state index contributed by atoms with van der Waals surface area (Å²) in [5.41, 5.74) is 4.13. The van der Waals surface area contributed by atoms with Crippen molar-refractivity contribution in [1.29, 1.82) is 0 Å². The summed E-state index contributed by atoms with van der Waals surface area (Å²) in [6, 6.07) is 9.60. The molecule has 2 aliphatic heterocycles. The van der Waals surface area contributed by atoms with E-state index in [-0.39, 0.29) is 18.8 Å². The number of pyridine rings is 1. The smallest absolute Gasteiger partial charge is 0.251 e. The summed E-state index contributed by atoms with van der Waals surface area (Å²) in [5, 5.41) is 5.41. The molecule has 0 bridgehead atoms. The van der Waals surface area contributed by atoms with Crippen molar-refractivity contribution in [2.45, 2.75) is 51.0 Å². The molecule has 0 saturated carbocycles. The zero-order valence-corrected chi connectivity index (χ0v) is 22.0. The molecule has 6 rings (SSSR count). The van der Waals surface area contributed by atoms with E-state index in [9.17, 15) is 8.78 Å². The van der Waals surface area contributed by atoms with E-state index in [1.54, 1.807) is 13.4 Å². The Morgan fingerprint density at radius 2 is 1.89 bits per heavy atom. The molecule has 0 unspecified atom stereocenters. The van der Waals surface area contributed by atoms with E-state index >= 15 is 0 Å². The molecular formula is C27H28ClF2N7O. The van der Waals surface area contributed by atoms with Crippen molar-refractivity contribution in [3.8, 4) is 23.1 Å². The maximum absolute atomic E-state index is 13.7. The van der Waals surface area contributed by atoms with Gasteiger partial charge in [-0.3, -0.25) is 0 Å². The highest BCUT2D eigenvalue weighted by Gasteiger charge is 2.35. The molecule has 3 aromatic heterocycles. The van der Waals surface area contributed by atoms with Crippen molar-refractivity contribution in [2.24, 2.45) is 0 Å². The molecule has 0 aliphatic carbocycles. The van der Waals surface area contributed by atoms with Crippen molar-refractivity contribution in [3.05, 3.63) is 65.0 Å². The van der Waals surface area contributed by atoms with Crippen LogP contribution in [0.5, 0.6) is 5.88 Å². The number of rotatable bonds is 5. The Bertz CT molecular complexity index is 1470. The van der Waals surface area contributed by atoms with Crippen molar-refractivity contribution < 1.29 is 13.5 Å². The van der Waals surface area contributed by atoms with Gasteiger partial charge in [0.15, 0.2) is 5.82 Å². The number of aryl methyl sites for hydroxylation is 2. The third-order valence-corrected chi connectivity index (χ3v) is 7.69. The third kappa shape index (κ3) is 4.62. The van der Waals surface area contributed by atoms with Crippen LogP contribution in [0, 0.1) is 6.92 Å². The molecular weight excluding hydrogens is 512 g/mol. The summed E-state index contributed by atoms with van der Waals surface area (Å²) < 4.78 is 36.8. The van der Waals surface area contributed by atoms with E-state index in [1.807, 2.05) is 57.6 Å². The topological polar surface area (TPSA) is 73.9 Å². The average Bonchev–Trinajstić information content (AvgIpc) is 3.55. The van der Waals surface area contributed by atoms with Crippen LogP contribution in [0.3, 0.4) is 0 Å². The largest absolute Gasteiger partial charge is 0.479 e. The summed E-state index contributed by atoms with van der Waals surface area (Å²) in [6.45, 7) is 3.32. The molecule has 8 nitrogen and oxygen atoms in total. The number of ether oxygens (including phenoxy) is 1. The van der Waals surface area contributed by atoms with Gasteiger partial charge in [-0.25, -0.2) is 28.4 Å². The van der Waals surface area contributed by atoms with Gasteiger partial charge in [-0.1, -0.05) is 11.6 Å². The second-order valence-corrected chi connectivity index (χ2v) is 10.3. The molecule has 198 valence electrons. The van der Waals surface area contributed by atoms with Crippen LogP contribution >= 0.6 is 11.6 Å². The van der Waals surface area contributed by atoms with Crippen LogP contribution in [-0.4, -0.2) is 55.4 Å². The Kier molecular flexibility index (Phi) is 6.29. The highest BCUT2D eigenvalue weighted by Crippen LogP contribution is 2.40. The fraction of sp³-hybridized carbons (Fsp3) is 0.407. The minimum absolute atomic E-state index is 0.0567. The van der Waals surface area contributed by atoms with Gasteiger partial charge in [0.1, 0.15) is 17.2 Å². The number of hydrogen-bond acceptors (Lipinski definition) is 6. The zero-order chi connectivity index (χ0) is 26.4. The lowest BCUT2D eigenvalue weighted by molar-refractivity contribution is -0.0220. The SMILES string of the molecule is COc1nc(-c2nc3n(n2)CCC[C@@H]3c2cc(N3CCC(F)(F)CC3)ccc2Cl)ccc1-n1cnc(C)c1. The number of methoxy groups -OCH3 is 1. The molecule has 1 atom stereocenters. The van der Waals surface area contributed by atoms with E-state index in [4.69, 9.17) is 26.4 Å². The van der Waals surface area contributed by atoms with Crippen LogP contribution < -0.4 is 9.64 Å². The first kappa shape index (κ1) is 24.8. The number of imidazole rings is 1. The predicted octanol–water partition coefficient (Wildman–Crippen LogP) is 5.66. The Morgan fingerprint density at radius 3 is 2.63 bits per heavy atom.